The number of benzene rings is 1. The van der Waals surface area contributed by atoms with E-state index in [4.69, 9.17) is 14.0 Å². The summed E-state index contributed by atoms with van der Waals surface area (Å²) in [6.07, 6.45) is 0.589. The largest absolute Gasteiger partial charge is 0.495 e. The van der Waals surface area contributed by atoms with Gasteiger partial charge in [0.25, 0.3) is 0 Å². The maximum absolute atomic E-state index is 12.4. The summed E-state index contributed by atoms with van der Waals surface area (Å²) in [6.45, 7) is 13.4. The van der Waals surface area contributed by atoms with Crippen LogP contribution < -0.4 is 5.46 Å². The van der Waals surface area contributed by atoms with Crippen LogP contribution in [-0.4, -0.2) is 40.9 Å². The lowest BCUT2D eigenvalue weighted by Gasteiger charge is -2.32. The van der Waals surface area contributed by atoms with Crippen molar-refractivity contribution < 1.29 is 18.8 Å². The van der Waals surface area contributed by atoms with Gasteiger partial charge in [-0.3, -0.25) is 0 Å². The summed E-state index contributed by atoms with van der Waals surface area (Å²) in [4.78, 5) is 14.1. The first-order valence-corrected chi connectivity index (χ1v) is 10.3. The minimum Gasteiger partial charge on any atom is -0.444 e. The molecule has 3 heterocycles. The smallest absolute Gasteiger partial charge is 0.444 e. The molecule has 0 aliphatic carbocycles. The number of hydrogen-bond donors (Lipinski definition) is 0. The Morgan fingerprint density at radius 2 is 1.92 bits per heavy atom. The number of carbonyl (C=O) groups is 1. The molecule has 2 saturated heterocycles. The van der Waals surface area contributed by atoms with Gasteiger partial charge in [-0.25, -0.2) is 4.79 Å². The normalized spacial score (nSPS) is 31.0. The van der Waals surface area contributed by atoms with E-state index in [-0.39, 0.29) is 23.9 Å². The summed E-state index contributed by atoms with van der Waals surface area (Å²) in [5.41, 5.74) is 4.38. The third-order valence-corrected chi connectivity index (χ3v) is 7.54. The molecule has 0 bridgehead atoms. The molecule has 7 heteroatoms. The van der Waals surface area contributed by atoms with Crippen molar-refractivity contribution in [1.82, 2.24) is 4.90 Å². The third-order valence-electron chi connectivity index (χ3n) is 5.65. The molecule has 2 atom stereocenters. The lowest BCUT2D eigenvalue weighted by molar-refractivity contribution is 0.0223. The van der Waals surface area contributed by atoms with Gasteiger partial charge >= 0.3 is 13.2 Å². The molecule has 1 amide bonds. The molecular weight excluding hydrogens is 348 g/mol. The summed E-state index contributed by atoms with van der Waals surface area (Å²) >= 11 is 0. The minimum absolute atomic E-state index is 0.118. The lowest BCUT2D eigenvalue weighted by Crippen LogP contribution is -2.42. The Hall–Kier alpha value is -1.10. The van der Waals surface area contributed by atoms with Crippen molar-refractivity contribution in [2.45, 2.75) is 70.8 Å². The average Bonchev–Trinajstić information content (AvgIpc) is 2.94. The fraction of sp³-hybridized carbons (Fsp3) is 0.632. The first kappa shape index (κ1) is 18.3. The number of carbonyl (C=O) groups excluding carboxylic acids is 1. The van der Waals surface area contributed by atoms with E-state index in [9.17, 15) is 4.79 Å². The number of amides is 1. The molecule has 1 aromatic rings. The van der Waals surface area contributed by atoms with Crippen molar-refractivity contribution in [3.05, 3.63) is 28.8 Å². The molecule has 26 heavy (non-hydrogen) atoms. The fourth-order valence-electron chi connectivity index (χ4n) is 3.88. The average molecular weight is 375 g/mol. The highest BCUT2D eigenvalue weighted by Crippen LogP contribution is 2.74. The van der Waals surface area contributed by atoms with Crippen molar-refractivity contribution in [2.75, 3.05) is 6.54 Å². The molecule has 3 aliphatic rings. The van der Waals surface area contributed by atoms with Gasteiger partial charge in [0.15, 0.2) is 0 Å². The molecule has 4 rings (SSSR count). The summed E-state index contributed by atoms with van der Waals surface area (Å²) in [7, 11) is 0.434. The van der Waals surface area contributed by atoms with Crippen LogP contribution in [0, 0.1) is 6.92 Å². The monoisotopic (exact) mass is 375 g/mol. The van der Waals surface area contributed by atoms with Gasteiger partial charge in [-0.05, 0) is 70.1 Å². The van der Waals surface area contributed by atoms with Gasteiger partial charge in [-0.1, -0.05) is 20.7 Å². The van der Waals surface area contributed by atoms with Crippen LogP contribution in [0.4, 0.5) is 4.79 Å². The second-order valence-corrected chi connectivity index (χ2v) is 11.0. The van der Waals surface area contributed by atoms with Crippen LogP contribution in [0.25, 0.3) is 0 Å². The van der Waals surface area contributed by atoms with Gasteiger partial charge in [0.2, 0.25) is 0 Å². The number of hydrogen-bond acceptors (Lipinski definition) is 4. The number of ether oxygens (including phenoxy) is 1. The summed E-state index contributed by atoms with van der Waals surface area (Å²) in [6, 6.07) is 4.20. The minimum atomic E-state index is -0.470. The van der Waals surface area contributed by atoms with E-state index in [0.717, 1.165) is 11.9 Å². The standard InChI is InChI=1S/C19H27BNO4P/c1-12-14-9-10-21(16(22)23-17(2,3)4)11-13(14)7-8-15(12)20-24-18(5)19(6,25-20)26-18/h7-8,26H,9-11H2,1-6H3. The molecule has 0 saturated carbocycles. The van der Waals surface area contributed by atoms with Gasteiger partial charge in [0.1, 0.15) is 16.3 Å². The van der Waals surface area contributed by atoms with Crippen LogP contribution in [0.2, 0.25) is 0 Å². The predicted octanol–water partition coefficient (Wildman–Crippen LogP) is 3.15. The molecule has 0 aromatic heterocycles. The van der Waals surface area contributed by atoms with Crippen molar-refractivity contribution in [2.24, 2.45) is 0 Å². The van der Waals surface area contributed by atoms with Crippen molar-refractivity contribution in [3.63, 3.8) is 0 Å². The second kappa shape index (κ2) is 5.70. The summed E-state index contributed by atoms with van der Waals surface area (Å²) < 4.78 is 17.9. The highest BCUT2D eigenvalue weighted by Gasteiger charge is 2.71. The van der Waals surface area contributed by atoms with Crippen molar-refractivity contribution in [3.8, 4) is 0 Å². The Morgan fingerprint density at radius 3 is 2.54 bits per heavy atom. The zero-order valence-corrected chi connectivity index (χ0v) is 17.4. The molecule has 1 aromatic carbocycles. The summed E-state index contributed by atoms with van der Waals surface area (Å²) in [5.74, 6) is 0. The van der Waals surface area contributed by atoms with E-state index in [2.05, 4.69) is 32.9 Å². The van der Waals surface area contributed by atoms with E-state index in [1.165, 1.54) is 16.7 Å². The van der Waals surface area contributed by atoms with E-state index in [0.29, 0.717) is 21.7 Å². The Morgan fingerprint density at radius 1 is 1.27 bits per heavy atom. The highest BCUT2D eigenvalue weighted by atomic mass is 31.1. The van der Waals surface area contributed by atoms with Crippen LogP contribution in [0.3, 0.4) is 0 Å². The maximum Gasteiger partial charge on any atom is 0.495 e. The quantitative estimate of drug-likeness (QED) is 0.559. The van der Waals surface area contributed by atoms with Crippen LogP contribution >= 0.6 is 8.58 Å². The van der Waals surface area contributed by atoms with Gasteiger partial charge in [0.05, 0.1) is 0 Å². The van der Waals surface area contributed by atoms with E-state index in [1.807, 2.05) is 20.8 Å². The van der Waals surface area contributed by atoms with Crippen LogP contribution in [-0.2, 0) is 27.0 Å². The van der Waals surface area contributed by atoms with Crippen molar-refractivity contribution >= 4 is 27.3 Å². The molecule has 2 fully saturated rings. The number of rotatable bonds is 1. The predicted molar refractivity (Wildman–Crippen MR) is 104 cm³/mol. The molecule has 0 spiro atoms. The Bertz CT molecular complexity index is 764. The number of fused-ring (bicyclic) bond motifs is 2. The number of nitrogens with zero attached hydrogens (tertiary/aromatic N) is 1. The summed E-state index contributed by atoms with van der Waals surface area (Å²) in [5, 5.41) is -0.235. The Balaban J connectivity index is 1.52. The highest BCUT2D eigenvalue weighted by molar-refractivity contribution is 7.51. The molecular formula is C19H27BNO4P. The topological polar surface area (TPSA) is 48.0 Å². The van der Waals surface area contributed by atoms with Gasteiger partial charge in [-0.2, -0.15) is 0 Å². The van der Waals surface area contributed by atoms with E-state index < -0.39 is 5.60 Å². The third kappa shape index (κ3) is 2.96. The van der Waals surface area contributed by atoms with Gasteiger partial charge in [0, 0.05) is 13.1 Å². The molecule has 140 valence electrons. The fourth-order valence-corrected chi connectivity index (χ4v) is 5.18. The zero-order valence-electron chi connectivity index (χ0n) is 16.4. The first-order chi connectivity index (χ1) is 12.0. The van der Waals surface area contributed by atoms with Crippen LogP contribution in [0.15, 0.2) is 12.1 Å². The molecule has 2 unspecified atom stereocenters. The van der Waals surface area contributed by atoms with Crippen LogP contribution in [0.1, 0.15) is 51.3 Å². The molecule has 3 aliphatic heterocycles. The Kier molecular flexibility index (Phi) is 4.01. The van der Waals surface area contributed by atoms with Crippen molar-refractivity contribution in [1.29, 1.82) is 0 Å². The van der Waals surface area contributed by atoms with E-state index in [1.54, 1.807) is 4.90 Å². The second-order valence-electron chi connectivity index (χ2n) is 8.83. The maximum atomic E-state index is 12.4. The van der Waals surface area contributed by atoms with Gasteiger partial charge in [-0.15, -0.1) is 0 Å². The Labute approximate surface area is 157 Å². The van der Waals surface area contributed by atoms with Gasteiger partial charge < -0.3 is 18.9 Å². The van der Waals surface area contributed by atoms with E-state index >= 15 is 0 Å². The van der Waals surface area contributed by atoms with Crippen LogP contribution in [0.5, 0.6) is 0 Å². The SMILES string of the molecule is Cc1c(B2OC3(C)PC3(C)O2)ccc2c1CCN(C(=O)OC(C)(C)C)C2. The lowest BCUT2D eigenvalue weighted by atomic mass is 9.73. The first-order valence-electron chi connectivity index (χ1n) is 9.25. The molecule has 0 N–H and O–H groups in total. The molecule has 5 nitrogen and oxygen atoms in total. The molecule has 0 radical (unpaired) electrons. The zero-order chi connectivity index (χ0) is 18.9.